The Kier molecular flexibility index (Phi) is 3.22. The quantitative estimate of drug-likeness (QED) is 0.778. The molecule has 0 aliphatic carbocycles. The normalized spacial score (nSPS) is 9.47. The molecule has 0 bridgehead atoms. The predicted octanol–water partition coefficient (Wildman–Crippen LogP) is 0.613. The van der Waals surface area contributed by atoms with Crippen LogP contribution in [0.3, 0.4) is 0 Å². The molecule has 0 unspecified atom stereocenters. The standard InChI is InChI=1S/C9H14N6/c1-5-14(3)8-11-7(10)12-9(13-8)15(4)6-2/h5-6H,1-2H2,3-4H3,(H2,10,11,12,13). The van der Waals surface area contributed by atoms with Gasteiger partial charge in [-0.1, -0.05) is 13.2 Å². The van der Waals surface area contributed by atoms with Crippen molar-refractivity contribution >= 4 is 17.8 Å². The average molecular weight is 206 g/mol. The smallest absolute Gasteiger partial charge is 0.235 e. The van der Waals surface area contributed by atoms with Gasteiger partial charge in [-0.05, 0) is 12.4 Å². The van der Waals surface area contributed by atoms with E-state index in [9.17, 15) is 0 Å². The molecule has 0 aliphatic rings. The van der Waals surface area contributed by atoms with Gasteiger partial charge in [0, 0.05) is 14.1 Å². The Bertz CT molecular complexity index is 343. The molecule has 0 aliphatic heterocycles. The summed E-state index contributed by atoms with van der Waals surface area (Å²) in [4.78, 5) is 15.4. The molecule has 0 spiro atoms. The first-order chi connectivity index (χ1) is 7.08. The molecule has 15 heavy (non-hydrogen) atoms. The molecule has 0 aromatic carbocycles. The minimum atomic E-state index is 0.164. The van der Waals surface area contributed by atoms with Crippen LogP contribution >= 0.6 is 0 Å². The van der Waals surface area contributed by atoms with Gasteiger partial charge in [-0.15, -0.1) is 0 Å². The molecule has 0 fully saturated rings. The summed E-state index contributed by atoms with van der Waals surface area (Å²) < 4.78 is 0. The van der Waals surface area contributed by atoms with Gasteiger partial charge in [0.15, 0.2) is 0 Å². The van der Waals surface area contributed by atoms with E-state index in [1.165, 1.54) is 0 Å². The molecule has 0 saturated carbocycles. The molecule has 0 atom stereocenters. The first-order valence-corrected chi connectivity index (χ1v) is 4.30. The van der Waals surface area contributed by atoms with Crippen LogP contribution in [0.4, 0.5) is 17.8 Å². The summed E-state index contributed by atoms with van der Waals surface area (Å²) in [5.74, 6) is 1.06. The lowest BCUT2D eigenvalue weighted by Gasteiger charge is -2.15. The summed E-state index contributed by atoms with van der Waals surface area (Å²) in [7, 11) is 3.55. The number of rotatable bonds is 4. The van der Waals surface area contributed by atoms with Crippen LogP contribution in [0.25, 0.3) is 0 Å². The first-order valence-electron chi connectivity index (χ1n) is 4.30. The van der Waals surface area contributed by atoms with E-state index in [-0.39, 0.29) is 5.95 Å². The molecule has 1 aromatic heterocycles. The van der Waals surface area contributed by atoms with E-state index >= 15 is 0 Å². The van der Waals surface area contributed by atoms with Gasteiger partial charge in [-0.25, -0.2) is 0 Å². The highest BCUT2D eigenvalue weighted by atomic mass is 15.3. The van der Waals surface area contributed by atoms with Gasteiger partial charge >= 0.3 is 0 Å². The van der Waals surface area contributed by atoms with Crippen molar-refractivity contribution in [2.45, 2.75) is 0 Å². The van der Waals surface area contributed by atoms with Gasteiger partial charge in [-0.3, -0.25) is 0 Å². The van der Waals surface area contributed by atoms with Crippen molar-refractivity contribution in [1.82, 2.24) is 15.0 Å². The Labute approximate surface area is 88.8 Å². The van der Waals surface area contributed by atoms with E-state index in [4.69, 9.17) is 5.73 Å². The van der Waals surface area contributed by atoms with Crippen LogP contribution < -0.4 is 15.5 Å². The minimum Gasteiger partial charge on any atom is -0.368 e. The second-order valence-electron chi connectivity index (χ2n) is 2.88. The lowest BCUT2D eigenvalue weighted by molar-refractivity contribution is 0.956. The highest BCUT2D eigenvalue weighted by molar-refractivity contribution is 5.45. The maximum absolute atomic E-state index is 5.56. The van der Waals surface area contributed by atoms with E-state index < -0.39 is 0 Å². The van der Waals surface area contributed by atoms with Crippen LogP contribution in [0, 0.1) is 0 Å². The molecular weight excluding hydrogens is 192 g/mol. The Morgan fingerprint density at radius 1 is 1.00 bits per heavy atom. The van der Waals surface area contributed by atoms with Gasteiger partial charge in [0.1, 0.15) is 0 Å². The fraction of sp³-hybridized carbons (Fsp3) is 0.222. The van der Waals surface area contributed by atoms with E-state index in [2.05, 4.69) is 28.1 Å². The van der Waals surface area contributed by atoms with Gasteiger partial charge < -0.3 is 15.5 Å². The van der Waals surface area contributed by atoms with Crippen LogP contribution in [0.2, 0.25) is 0 Å². The molecule has 1 heterocycles. The summed E-state index contributed by atoms with van der Waals surface area (Å²) in [6.07, 6.45) is 3.18. The number of nitrogens with two attached hydrogens (primary N) is 1. The molecule has 0 amide bonds. The number of hydrogen-bond donors (Lipinski definition) is 1. The van der Waals surface area contributed by atoms with E-state index in [0.717, 1.165) is 0 Å². The Balaban J connectivity index is 3.15. The molecule has 0 radical (unpaired) electrons. The second-order valence-corrected chi connectivity index (χ2v) is 2.88. The Morgan fingerprint density at radius 3 is 1.73 bits per heavy atom. The topological polar surface area (TPSA) is 71.2 Å². The van der Waals surface area contributed by atoms with E-state index in [1.807, 2.05) is 0 Å². The van der Waals surface area contributed by atoms with Crippen molar-refractivity contribution in [2.75, 3.05) is 29.6 Å². The van der Waals surface area contributed by atoms with Gasteiger partial charge in [0.25, 0.3) is 0 Å². The third-order valence-corrected chi connectivity index (χ3v) is 1.81. The Morgan fingerprint density at radius 2 is 1.40 bits per heavy atom. The van der Waals surface area contributed by atoms with Crippen LogP contribution in [0.15, 0.2) is 25.6 Å². The Hall–Kier alpha value is -2.11. The number of aromatic nitrogens is 3. The van der Waals surface area contributed by atoms with E-state index in [0.29, 0.717) is 11.9 Å². The van der Waals surface area contributed by atoms with Gasteiger partial charge in [0.2, 0.25) is 17.8 Å². The summed E-state index contributed by atoms with van der Waals surface area (Å²) in [5, 5.41) is 0. The van der Waals surface area contributed by atoms with Crippen molar-refractivity contribution in [3.05, 3.63) is 25.6 Å². The van der Waals surface area contributed by atoms with Gasteiger partial charge in [0.05, 0.1) is 0 Å². The molecule has 0 saturated heterocycles. The average Bonchev–Trinajstić information content (AvgIpc) is 2.26. The van der Waals surface area contributed by atoms with Crippen molar-refractivity contribution < 1.29 is 0 Å². The van der Waals surface area contributed by atoms with Crippen molar-refractivity contribution in [3.8, 4) is 0 Å². The zero-order chi connectivity index (χ0) is 11.4. The fourth-order valence-corrected chi connectivity index (χ4v) is 0.848. The predicted molar refractivity (Wildman–Crippen MR) is 61.4 cm³/mol. The van der Waals surface area contributed by atoms with E-state index in [1.54, 1.807) is 36.3 Å². The number of nitrogens with zero attached hydrogens (tertiary/aromatic N) is 5. The second kappa shape index (κ2) is 4.41. The third-order valence-electron chi connectivity index (χ3n) is 1.81. The zero-order valence-electron chi connectivity index (χ0n) is 8.88. The first kappa shape index (κ1) is 11.0. The molecule has 1 rings (SSSR count). The molecule has 80 valence electrons. The largest absolute Gasteiger partial charge is 0.368 e. The van der Waals surface area contributed by atoms with Crippen LogP contribution in [0.1, 0.15) is 0 Å². The number of nitrogen functional groups attached to an aromatic ring is 1. The number of hydrogen-bond acceptors (Lipinski definition) is 6. The lowest BCUT2D eigenvalue weighted by Crippen LogP contribution is -2.18. The fourth-order valence-electron chi connectivity index (χ4n) is 0.848. The van der Waals surface area contributed by atoms with Crippen molar-refractivity contribution in [3.63, 3.8) is 0 Å². The SMILES string of the molecule is C=CN(C)c1nc(N)nc(N(C)C=C)n1. The number of anilines is 3. The zero-order valence-corrected chi connectivity index (χ0v) is 8.88. The molecule has 1 aromatic rings. The lowest BCUT2D eigenvalue weighted by atomic mass is 10.7. The van der Waals surface area contributed by atoms with Crippen LogP contribution in [-0.4, -0.2) is 29.0 Å². The molecular formula is C9H14N6. The van der Waals surface area contributed by atoms with Crippen molar-refractivity contribution in [2.24, 2.45) is 0 Å². The van der Waals surface area contributed by atoms with Crippen molar-refractivity contribution in [1.29, 1.82) is 0 Å². The van der Waals surface area contributed by atoms with Crippen LogP contribution in [0.5, 0.6) is 0 Å². The summed E-state index contributed by atoms with van der Waals surface area (Å²) in [6.45, 7) is 7.22. The highest BCUT2D eigenvalue weighted by Gasteiger charge is 2.08. The molecule has 6 nitrogen and oxygen atoms in total. The monoisotopic (exact) mass is 206 g/mol. The minimum absolute atomic E-state index is 0.164. The van der Waals surface area contributed by atoms with Gasteiger partial charge in [-0.2, -0.15) is 15.0 Å². The molecule has 6 heteroatoms. The maximum atomic E-state index is 5.56. The summed E-state index contributed by atoms with van der Waals surface area (Å²) in [6, 6.07) is 0. The third kappa shape index (κ3) is 2.43. The summed E-state index contributed by atoms with van der Waals surface area (Å²) >= 11 is 0. The summed E-state index contributed by atoms with van der Waals surface area (Å²) in [5.41, 5.74) is 5.56. The molecule has 2 N–H and O–H groups in total. The highest BCUT2D eigenvalue weighted by Crippen LogP contribution is 2.13. The maximum Gasteiger partial charge on any atom is 0.235 e. The van der Waals surface area contributed by atoms with Crippen LogP contribution in [-0.2, 0) is 0 Å².